The molecule has 0 fully saturated rings. The van der Waals surface area contributed by atoms with Crippen molar-refractivity contribution >= 4 is 51.5 Å². The lowest BCUT2D eigenvalue weighted by Crippen LogP contribution is -2.56. The molecule has 1 N–H and O–H groups in total. The maximum absolute atomic E-state index is 13.4. The van der Waals surface area contributed by atoms with Crippen LogP contribution in [0.5, 0.6) is 11.5 Å². The number of rotatable bonds is 5. The molecular weight excluding hydrogens is 480 g/mol. The van der Waals surface area contributed by atoms with Crippen LogP contribution in [0, 0.1) is 0 Å². The van der Waals surface area contributed by atoms with Crippen molar-refractivity contribution in [2.75, 3.05) is 0 Å². The maximum Gasteiger partial charge on any atom is 0.351 e. The molecule has 0 spiro atoms. The van der Waals surface area contributed by atoms with E-state index in [9.17, 15) is 29.1 Å². The summed E-state index contributed by atoms with van der Waals surface area (Å²) in [4.78, 5) is 63.6. The molecule has 2 amide bonds. The topological polar surface area (TPSA) is 132 Å². The number of nitrogens with zero attached hydrogens (tertiary/aromatic N) is 2. The monoisotopic (exact) mass is 500 g/mol. The molecule has 0 radical (unpaired) electrons. The largest absolute Gasteiger partial charge is 0.478 e. The molecule has 0 bridgehead atoms. The van der Waals surface area contributed by atoms with E-state index in [1.54, 1.807) is 24.3 Å². The van der Waals surface area contributed by atoms with Gasteiger partial charge in [-0.2, -0.15) is 0 Å². The Labute approximate surface area is 209 Å². The molecule has 37 heavy (non-hydrogen) atoms. The smallest absolute Gasteiger partial charge is 0.351 e. The highest BCUT2D eigenvalue weighted by atomic mass is 16.5. The summed E-state index contributed by atoms with van der Waals surface area (Å²) in [6.45, 7) is 3.77. The number of carbonyl (C=O) groups is 5. The molecule has 1 aliphatic heterocycles. The van der Waals surface area contributed by atoms with E-state index in [0.29, 0.717) is 21.8 Å². The molecule has 1 unspecified atom stereocenters. The molecule has 0 saturated heterocycles. The second kappa shape index (κ2) is 8.30. The van der Waals surface area contributed by atoms with Gasteiger partial charge >= 0.3 is 17.9 Å². The van der Waals surface area contributed by atoms with Gasteiger partial charge in [0, 0.05) is 24.6 Å². The Hall–Kier alpha value is -4.99. The van der Waals surface area contributed by atoms with E-state index in [2.05, 4.69) is 0 Å². The fourth-order valence-corrected chi connectivity index (χ4v) is 4.79. The van der Waals surface area contributed by atoms with Crippen LogP contribution in [0.25, 0.3) is 21.8 Å². The van der Waals surface area contributed by atoms with Crippen LogP contribution >= 0.6 is 0 Å². The minimum atomic E-state index is -2.20. The zero-order chi connectivity index (χ0) is 26.6. The summed E-state index contributed by atoms with van der Waals surface area (Å²) >= 11 is 0. The van der Waals surface area contributed by atoms with Gasteiger partial charge in [0.05, 0.1) is 22.2 Å². The van der Waals surface area contributed by atoms with Crippen LogP contribution in [0.2, 0.25) is 0 Å². The summed E-state index contributed by atoms with van der Waals surface area (Å²) in [5, 5.41) is 11.4. The highest BCUT2D eigenvalue weighted by Gasteiger charge is 2.53. The average molecular weight is 500 g/mol. The molecule has 3 aromatic carbocycles. The SMILES string of the molecule is CC(=O)Oc1ccc2c(c1)c1cc(OC(C)=O)ccc1n2C(C)(C(=O)O)N1C(=O)c2ccccc2C1=O. The number of hydrogen-bond acceptors (Lipinski definition) is 7. The number of hydrogen-bond donors (Lipinski definition) is 1. The molecule has 0 aliphatic carbocycles. The maximum atomic E-state index is 13.4. The zero-order valence-electron chi connectivity index (χ0n) is 20.0. The van der Waals surface area contributed by atoms with Crippen molar-refractivity contribution in [3.05, 3.63) is 71.8 Å². The van der Waals surface area contributed by atoms with Gasteiger partial charge in [0.15, 0.2) is 0 Å². The normalized spacial score (nSPS) is 14.5. The average Bonchev–Trinajstić information content (AvgIpc) is 3.29. The Morgan fingerprint density at radius 2 is 1.19 bits per heavy atom. The lowest BCUT2D eigenvalue weighted by molar-refractivity contribution is -0.152. The standard InChI is InChI=1S/C27H20N2O8/c1-14(30)36-16-8-10-22-20(12-16)21-13-17(37-15(2)31)9-11-23(21)28(22)27(3,26(34)35)29-24(32)18-6-4-5-7-19(18)25(29)33/h4-13H,1-3H3,(H,34,35). The molecule has 4 aromatic rings. The van der Waals surface area contributed by atoms with Crippen molar-refractivity contribution in [3.63, 3.8) is 0 Å². The molecule has 2 heterocycles. The number of carbonyl (C=O) groups excluding carboxylic acids is 4. The first-order chi connectivity index (χ1) is 17.5. The minimum Gasteiger partial charge on any atom is -0.478 e. The van der Waals surface area contributed by atoms with Gasteiger partial charge in [-0.1, -0.05) is 12.1 Å². The molecule has 1 aromatic heterocycles. The highest BCUT2D eigenvalue weighted by molar-refractivity contribution is 6.23. The van der Waals surface area contributed by atoms with Crippen LogP contribution in [-0.2, 0) is 20.0 Å². The van der Waals surface area contributed by atoms with Crippen molar-refractivity contribution in [1.29, 1.82) is 0 Å². The number of benzene rings is 3. The fourth-order valence-electron chi connectivity index (χ4n) is 4.79. The van der Waals surface area contributed by atoms with Crippen LogP contribution in [0.1, 0.15) is 41.5 Å². The van der Waals surface area contributed by atoms with Gasteiger partial charge in [0.1, 0.15) is 11.5 Å². The molecular formula is C27H20N2O8. The van der Waals surface area contributed by atoms with E-state index in [0.717, 1.165) is 4.90 Å². The minimum absolute atomic E-state index is 0.107. The van der Waals surface area contributed by atoms with Gasteiger partial charge in [0.2, 0.25) is 5.66 Å². The van der Waals surface area contributed by atoms with Crippen LogP contribution < -0.4 is 9.47 Å². The van der Waals surface area contributed by atoms with E-state index in [1.807, 2.05) is 0 Å². The number of fused-ring (bicyclic) bond motifs is 4. The number of aromatic nitrogens is 1. The second-order valence-electron chi connectivity index (χ2n) is 8.70. The number of imide groups is 1. The van der Waals surface area contributed by atoms with Crippen molar-refractivity contribution in [2.45, 2.75) is 26.4 Å². The molecule has 10 heteroatoms. The molecule has 5 rings (SSSR count). The van der Waals surface area contributed by atoms with Gasteiger partial charge in [-0.3, -0.25) is 19.2 Å². The van der Waals surface area contributed by atoms with E-state index in [1.165, 1.54) is 61.7 Å². The molecule has 1 aliphatic rings. The molecule has 186 valence electrons. The first-order valence-electron chi connectivity index (χ1n) is 11.2. The van der Waals surface area contributed by atoms with Crippen molar-refractivity contribution in [2.24, 2.45) is 0 Å². The number of aliphatic carboxylic acids is 1. The van der Waals surface area contributed by atoms with Gasteiger partial charge in [-0.05, 0) is 55.5 Å². The van der Waals surface area contributed by atoms with E-state index in [-0.39, 0.29) is 22.6 Å². The highest BCUT2D eigenvalue weighted by Crippen LogP contribution is 2.41. The van der Waals surface area contributed by atoms with E-state index >= 15 is 0 Å². The van der Waals surface area contributed by atoms with Gasteiger partial charge in [-0.25, -0.2) is 9.69 Å². The quantitative estimate of drug-likeness (QED) is 0.249. The lowest BCUT2D eigenvalue weighted by atomic mass is 10.1. The number of carboxylic acids is 1. The molecule has 1 atom stereocenters. The van der Waals surface area contributed by atoms with Gasteiger partial charge in [0.25, 0.3) is 11.8 Å². The first-order valence-corrected chi connectivity index (χ1v) is 11.2. The Bertz CT molecular complexity index is 1580. The van der Waals surface area contributed by atoms with Crippen LogP contribution in [-0.4, -0.2) is 44.3 Å². The Kier molecular flexibility index (Phi) is 5.32. The summed E-state index contributed by atoms with van der Waals surface area (Å²) in [6, 6.07) is 15.3. The third-order valence-corrected chi connectivity index (χ3v) is 6.30. The van der Waals surface area contributed by atoms with Crippen LogP contribution in [0.15, 0.2) is 60.7 Å². The predicted octanol–water partition coefficient (Wildman–Crippen LogP) is 3.70. The number of carboxylic acid groups (broad SMARTS) is 1. The van der Waals surface area contributed by atoms with Crippen molar-refractivity contribution in [1.82, 2.24) is 9.47 Å². The Balaban J connectivity index is 1.83. The summed E-state index contributed by atoms with van der Waals surface area (Å²) in [6.07, 6.45) is 0. The predicted molar refractivity (Wildman–Crippen MR) is 130 cm³/mol. The van der Waals surface area contributed by atoms with Crippen molar-refractivity contribution in [3.8, 4) is 11.5 Å². The Morgan fingerprint density at radius 3 is 1.57 bits per heavy atom. The van der Waals surface area contributed by atoms with Crippen molar-refractivity contribution < 1.29 is 38.6 Å². The molecule has 0 saturated carbocycles. The number of amides is 2. The molecule has 10 nitrogen and oxygen atoms in total. The second-order valence-corrected chi connectivity index (χ2v) is 8.70. The van der Waals surface area contributed by atoms with E-state index < -0.39 is 35.4 Å². The summed E-state index contributed by atoms with van der Waals surface area (Å²) in [5.41, 5.74) is -1.30. The Morgan fingerprint density at radius 1 is 0.757 bits per heavy atom. The zero-order valence-corrected chi connectivity index (χ0v) is 20.0. The number of ether oxygens (including phenoxy) is 2. The summed E-state index contributed by atoms with van der Waals surface area (Å²) in [7, 11) is 0. The van der Waals surface area contributed by atoms with Crippen LogP contribution in [0.4, 0.5) is 0 Å². The lowest BCUT2D eigenvalue weighted by Gasteiger charge is -2.36. The third-order valence-electron chi connectivity index (χ3n) is 6.30. The number of esters is 2. The summed E-state index contributed by atoms with van der Waals surface area (Å²) in [5.74, 6) is -3.63. The van der Waals surface area contributed by atoms with Crippen LogP contribution in [0.3, 0.4) is 0 Å². The third kappa shape index (κ3) is 3.53. The summed E-state index contributed by atoms with van der Waals surface area (Å²) < 4.78 is 11.8. The van der Waals surface area contributed by atoms with Gasteiger partial charge < -0.3 is 19.1 Å². The van der Waals surface area contributed by atoms with Gasteiger partial charge in [-0.15, -0.1) is 0 Å². The first kappa shape index (κ1) is 23.7. The van der Waals surface area contributed by atoms with E-state index in [4.69, 9.17) is 9.47 Å². The fraction of sp³-hybridized carbons (Fsp3) is 0.148.